The zero-order valence-electron chi connectivity index (χ0n) is 16.0. The van der Waals surface area contributed by atoms with Crippen LogP contribution < -0.4 is 14.8 Å². The summed E-state index contributed by atoms with van der Waals surface area (Å²) in [5.74, 6) is -0.360. The Bertz CT molecular complexity index is 1020. The Labute approximate surface area is 173 Å². The second-order valence-electron chi connectivity index (χ2n) is 5.96. The molecule has 0 heterocycles. The average molecular weight is 442 g/mol. The van der Waals surface area contributed by atoms with E-state index < -0.39 is 28.3 Å². The first-order valence-electron chi connectivity index (χ1n) is 8.30. The van der Waals surface area contributed by atoms with E-state index in [-0.39, 0.29) is 22.0 Å². The molecule has 0 fully saturated rings. The summed E-state index contributed by atoms with van der Waals surface area (Å²) < 4.78 is 38.5. The maximum Gasteiger partial charge on any atom is 0.340 e. The number of hydrogen-bond donors (Lipinski definition) is 1. The summed E-state index contributed by atoms with van der Waals surface area (Å²) in [5.41, 5.74) is 0.619. The van der Waals surface area contributed by atoms with Gasteiger partial charge in [-0.05, 0) is 35.9 Å². The molecule has 0 bridgehead atoms. The van der Waals surface area contributed by atoms with Crippen LogP contribution in [0.25, 0.3) is 0 Å². The highest BCUT2D eigenvalue weighted by atomic mass is 35.5. The summed E-state index contributed by atoms with van der Waals surface area (Å²) in [6, 6.07) is 8.85. The van der Waals surface area contributed by atoms with Gasteiger partial charge in [-0.15, -0.1) is 0 Å². The van der Waals surface area contributed by atoms with Gasteiger partial charge in [0.25, 0.3) is 5.91 Å². The molecule has 2 rings (SSSR count). The number of ether oxygens (including phenoxy) is 3. The van der Waals surface area contributed by atoms with Crippen LogP contribution in [0.15, 0.2) is 41.3 Å². The van der Waals surface area contributed by atoms with Crippen LogP contribution in [0.2, 0.25) is 5.02 Å². The number of halogens is 1. The minimum atomic E-state index is -3.52. The molecule has 0 aliphatic rings. The number of benzene rings is 2. The fourth-order valence-corrected chi connectivity index (χ4v) is 3.18. The average Bonchev–Trinajstić information content (AvgIpc) is 2.69. The van der Waals surface area contributed by atoms with E-state index in [1.54, 1.807) is 18.2 Å². The molecule has 0 aliphatic heterocycles. The van der Waals surface area contributed by atoms with Crippen molar-refractivity contribution in [1.82, 2.24) is 5.32 Å². The number of hydrogen-bond acceptors (Lipinski definition) is 7. The van der Waals surface area contributed by atoms with E-state index in [1.807, 2.05) is 0 Å². The third-order valence-electron chi connectivity index (χ3n) is 3.86. The van der Waals surface area contributed by atoms with Crippen LogP contribution in [-0.4, -0.2) is 47.4 Å². The van der Waals surface area contributed by atoms with Gasteiger partial charge in [-0.3, -0.25) is 4.79 Å². The first kappa shape index (κ1) is 22.5. The highest BCUT2D eigenvalue weighted by Crippen LogP contribution is 2.27. The molecule has 0 radical (unpaired) electrons. The summed E-state index contributed by atoms with van der Waals surface area (Å²) in [4.78, 5) is 24.1. The molecule has 0 saturated heterocycles. The quantitative estimate of drug-likeness (QED) is 0.626. The Morgan fingerprint density at radius 3 is 2.34 bits per heavy atom. The predicted octanol–water partition coefficient (Wildman–Crippen LogP) is 2.23. The van der Waals surface area contributed by atoms with Crippen LogP contribution in [0.4, 0.5) is 0 Å². The van der Waals surface area contributed by atoms with E-state index in [9.17, 15) is 18.0 Å². The lowest BCUT2D eigenvalue weighted by atomic mass is 10.2. The van der Waals surface area contributed by atoms with Crippen LogP contribution in [0, 0.1) is 0 Å². The van der Waals surface area contributed by atoms with Gasteiger partial charge in [-0.25, -0.2) is 13.2 Å². The van der Waals surface area contributed by atoms with Crippen molar-refractivity contribution in [2.75, 3.05) is 27.1 Å². The zero-order chi connectivity index (χ0) is 21.6. The van der Waals surface area contributed by atoms with Gasteiger partial charge >= 0.3 is 5.97 Å². The van der Waals surface area contributed by atoms with E-state index in [1.165, 1.54) is 26.4 Å². The largest absolute Gasteiger partial charge is 0.493 e. The Kier molecular flexibility index (Phi) is 7.46. The number of esters is 1. The van der Waals surface area contributed by atoms with Crippen molar-refractivity contribution in [2.24, 2.45) is 0 Å². The van der Waals surface area contributed by atoms with Gasteiger partial charge in [0.1, 0.15) is 0 Å². The molecule has 0 aliphatic carbocycles. The molecule has 1 N–H and O–H groups in total. The summed E-state index contributed by atoms with van der Waals surface area (Å²) in [5, 5.41) is 2.62. The number of sulfone groups is 1. The minimum absolute atomic E-state index is 0.0214. The molecule has 0 atom stereocenters. The van der Waals surface area contributed by atoms with Crippen LogP contribution in [0.5, 0.6) is 11.5 Å². The monoisotopic (exact) mass is 441 g/mol. The Hall–Kier alpha value is -2.78. The lowest BCUT2D eigenvalue weighted by molar-refractivity contribution is -0.124. The first-order chi connectivity index (χ1) is 13.7. The Morgan fingerprint density at radius 1 is 1.03 bits per heavy atom. The van der Waals surface area contributed by atoms with E-state index in [4.69, 9.17) is 25.8 Å². The van der Waals surface area contributed by atoms with E-state index >= 15 is 0 Å². The van der Waals surface area contributed by atoms with Crippen LogP contribution >= 0.6 is 11.6 Å². The molecule has 0 aromatic heterocycles. The Balaban J connectivity index is 1.95. The Morgan fingerprint density at radius 2 is 1.72 bits per heavy atom. The van der Waals surface area contributed by atoms with Crippen molar-refractivity contribution in [2.45, 2.75) is 11.4 Å². The molecule has 156 valence electrons. The van der Waals surface area contributed by atoms with Crippen LogP contribution in [-0.2, 0) is 25.9 Å². The van der Waals surface area contributed by atoms with Crippen molar-refractivity contribution < 1.29 is 32.2 Å². The van der Waals surface area contributed by atoms with Crippen molar-refractivity contribution in [1.29, 1.82) is 0 Å². The molecular formula is C19H20ClNO7S. The summed E-state index contributed by atoms with van der Waals surface area (Å²) in [6.45, 7) is -0.368. The molecule has 0 unspecified atom stereocenters. The highest BCUT2D eigenvalue weighted by Gasteiger charge is 2.17. The fourth-order valence-electron chi connectivity index (χ4n) is 2.34. The maximum atomic E-state index is 12.2. The topological polar surface area (TPSA) is 108 Å². The van der Waals surface area contributed by atoms with Crippen LogP contribution in [0.3, 0.4) is 0 Å². The standard InChI is InChI=1S/C19H20ClNO7S/c1-26-16-7-4-12(8-17(16)27-2)10-21-18(22)11-28-19(23)14-9-13(29(3,24)25)5-6-15(14)20/h4-9H,10-11H2,1-3H3,(H,21,22). The van der Waals surface area contributed by atoms with Crippen molar-refractivity contribution >= 4 is 33.3 Å². The second-order valence-corrected chi connectivity index (χ2v) is 8.38. The van der Waals surface area contributed by atoms with Gasteiger partial charge in [0.2, 0.25) is 0 Å². The van der Waals surface area contributed by atoms with Gasteiger partial charge in [0.05, 0.1) is 29.7 Å². The molecule has 0 saturated carbocycles. The number of nitrogens with one attached hydrogen (secondary N) is 1. The minimum Gasteiger partial charge on any atom is -0.493 e. The normalized spacial score (nSPS) is 10.9. The van der Waals surface area contributed by atoms with Crippen molar-refractivity contribution in [3.63, 3.8) is 0 Å². The molecule has 2 aromatic carbocycles. The lowest BCUT2D eigenvalue weighted by Gasteiger charge is -2.11. The van der Waals surface area contributed by atoms with Gasteiger partial charge in [-0.2, -0.15) is 0 Å². The zero-order valence-corrected chi connectivity index (χ0v) is 17.6. The number of carbonyl (C=O) groups excluding carboxylic acids is 2. The summed E-state index contributed by atoms with van der Waals surface area (Å²) in [7, 11) is -0.499. The molecule has 0 spiro atoms. The number of rotatable bonds is 8. The SMILES string of the molecule is COc1ccc(CNC(=O)COC(=O)c2cc(S(C)(=O)=O)ccc2Cl)cc1OC. The first-order valence-corrected chi connectivity index (χ1v) is 10.6. The lowest BCUT2D eigenvalue weighted by Crippen LogP contribution is -2.28. The summed E-state index contributed by atoms with van der Waals surface area (Å²) >= 11 is 5.93. The van der Waals surface area contributed by atoms with Crippen molar-refractivity contribution in [3.8, 4) is 11.5 Å². The third-order valence-corrected chi connectivity index (χ3v) is 5.30. The maximum absolute atomic E-state index is 12.2. The highest BCUT2D eigenvalue weighted by molar-refractivity contribution is 7.90. The van der Waals surface area contributed by atoms with Crippen LogP contribution in [0.1, 0.15) is 15.9 Å². The molecule has 8 nitrogen and oxygen atoms in total. The van der Waals surface area contributed by atoms with E-state index in [0.29, 0.717) is 11.5 Å². The van der Waals surface area contributed by atoms with E-state index in [0.717, 1.165) is 17.9 Å². The molecular weight excluding hydrogens is 422 g/mol. The number of carbonyl (C=O) groups is 2. The van der Waals surface area contributed by atoms with E-state index in [2.05, 4.69) is 5.32 Å². The smallest absolute Gasteiger partial charge is 0.340 e. The molecule has 1 amide bonds. The fraction of sp³-hybridized carbons (Fsp3) is 0.263. The third kappa shape index (κ3) is 6.10. The second kappa shape index (κ2) is 9.62. The van der Waals surface area contributed by atoms with Gasteiger partial charge in [0, 0.05) is 12.8 Å². The summed E-state index contributed by atoms with van der Waals surface area (Å²) in [6.07, 6.45) is 1.01. The number of methoxy groups -OCH3 is 2. The number of amides is 1. The predicted molar refractivity (Wildman–Crippen MR) is 106 cm³/mol. The molecule has 29 heavy (non-hydrogen) atoms. The molecule has 10 heteroatoms. The van der Waals surface area contributed by atoms with Gasteiger partial charge in [0.15, 0.2) is 27.9 Å². The molecule has 2 aromatic rings. The van der Waals surface area contributed by atoms with Gasteiger partial charge < -0.3 is 19.5 Å². The van der Waals surface area contributed by atoms with Gasteiger partial charge in [-0.1, -0.05) is 17.7 Å². The van der Waals surface area contributed by atoms with Crippen molar-refractivity contribution in [3.05, 3.63) is 52.5 Å².